The Morgan fingerprint density at radius 1 is 1.26 bits per heavy atom. The van der Waals surface area contributed by atoms with Crippen LogP contribution in [0.1, 0.15) is 64.7 Å². The number of carboxylic acid groups (broad SMARTS) is 1. The maximum Gasteiger partial charge on any atom is 0.303 e. The lowest BCUT2D eigenvalue weighted by Crippen LogP contribution is -2.17. The summed E-state index contributed by atoms with van der Waals surface area (Å²) in [5, 5.41) is 28.5. The second-order valence-corrected chi connectivity index (χ2v) is 6.56. The molecular weight excluding hydrogens is 292 g/mol. The molecule has 4 atom stereocenters. The van der Waals surface area contributed by atoms with E-state index in [9.17, 15) is 15.0 Å². The molecule has 0 saturated heterocycles. The molecule has 3 N–H and O–H groups in total. The molecule has 1 rings (SSSR count). The van der Waals surface area contributed by atoms with Crippen molar-refractivity contribution >= 4 is 5.97 Å². The van der Waals surface area contributed by atoms with Gasteiger partial charge in [-0.15, -0.1) is 0 Å². The van der Waals surface area contributed by atoms with Crippen LogP contribution >= 0.6 is 0 Å². The Bertz CT molecular complexity index is 389. The van der Waals surface area contributed by atoms with Crippen LogP contribution in [0.3, 0.4) is 0 Å². The minimum absolute atomic E-state index is 0.232. The fraction of sp³-hybridized carbons (Fsp3) is 0.737. The van der Waals surface area contributed by atoms with Gasteiger partial charge in [0.05, 0.1) is 12.2 Å². The zero-order valence-corrected chi connectivity index (χ0v) is 14.2. The summed E-state index contributed by atoms with van der Waals surface area (Å²) in [6, 6.07) is 0. The monoisotopic (exact) mass is 324 g/mol. The van der Waals surface area contributed by atoms with Crippen LogP contribution < -0.4 is 0 Å². The highest BCUT2D eigenvalue weighted by molar-refractivity contribution is 5.66. The van der Waals surface area contributed by atoms with Gasteiger partial charge in [-0.1, -0.05) is 37.6 Å². The van der Waals surface area contributed by atoms with Crippen molar-refractivity contribution in [3.8, 4) is 0 Å². The van der Waals surface area contributed by atoms with Crippen molar-refractivity contribution < 1.29 is 20.1 Å². The Kier molecular flexibility index (Phi) is 9.88. The van der Waals surface area contributed by atoms with Gasteiger partial charge in [0, 0.05) is 6.42 Å². The largest absolute Gasteiger partial charge is 0.481 e. The molecular formula is C19H32O4. The first-order chi connectivity index (χ1) is 11.0. The molecule has 0 aromatic carbocycles. The van der Waals surface area contributed by atoms with Gasteiger partial charge in [0.2, 0.25) is 0 Å². The van der Waals surface area contributed by atoms with Crippen LogP contribution in [0.2, 0.25) is 0 Å². The summed E-state index contributed by atoms with van der Waals surface area (Å²) in [7, 11) is 0. The molecule has 1 saturated carbocycles. The molecule has 0 heterocycles. The topological polar surface area (TPSA) is 77.8 Å². The first kappa shape index (κ1) is 19.9. The highest BCUT2D eigenvalue weighted by Crippen LogP contribution is 2.36. The number of unbranched alkanes of at least 4 members (excludes halogenated alkanes) is 2. The fourth-order valence-corrected chi connectivity index (χ4v) is 3.22. The lowest BCUT2D eigenvalue weighted by atomic mass is 9.90. The standard InChI is InChI=1S/C19H32O4/c1-2-8-16(20)13-11-15-12-14-18(21)17(15)9-6-4-3-5-7-10-19(22)23/h4,6,11,13,15-18,20-21H,2-3,5,7-10,12,14H2,1H3,(H,22,23). The van der Waals surface area contributed by atoms with E-state index in [2.05, 4.69) is 25.2 Å². The molecule has 4 nitrogen and oxygen atoms in total. The number of aliphatic hydroxyl groups is 2. The predicted octanol–water partition coefficient (Wildman–Crippen LogP) is 3.68. The van der Waals surface area contributed by atoms with Gasteiger partial charge in [0.15, 0.2) is 0 Å². The van der Waals surface area contributed by atoms with Gasteiger partial charge in [-0.2, -0.15) is 0 Å². The van der Waals surface area contributed by atoms with Gasteiger partial charge in [-0.3, -0.25) is 4.79 Å². The molecule has 0 bridgehead atoms. The smallest absolute Gasteiger partial charge is 0.303 e. The van der Waals surface area contributed by atoms with E-state index < -0.39 is 5.97 Å². The van der Waals surface area contributed by atoms with Crippen LogP contribution in [0, 0.1) is 11.8 Å². The third-order valence-corrected chi connectivity index (χ3v) is 4.59. The zero-order valence-electron chi connectivity index (χ0n) is 14.2. The van der Waals surface area contributed by atoms with Gasteiger partial charge in [0.1, 0.15) is 0 Å². The van der Waals surface area contributed by atoms with E-state index in [4.69, 9.17) is 5.11 Å². The summed E-state index contributed by atoms with van der Waals surface area (Å²) in [4.78, 5) is 10.4. The molecule has 23 heavy (non-hydrogen) atoms. The number of aliphatic hydroxyl groups excluding tert-OH is 2. The van der Waals surface area contributed by atoms with Crippen molar-refractivity contribution in [3.63, 3.8) is 0 Å². The van der Waals surface area contributed by atoms with Gasteiger partial charge < -0.3 is 15.3 Å². The Morgan fingerprint density at radius 3 is 2.74 bits per heavy atom. The minimum atomic E-state index is -0.733. The van der Waals surface area contributed by atoms with E-state index >= 15 is 0 Å². The highest BCUT2D eigenvalue weighted by atomic mass is 16.4. The normalized spacial score (nSPS) is 26.3. The highest BCUT2D eigenvalue weighted by Gasteiger charge is 2.32. The summed E-state index contributed by atoms with van der Waals surface area (Å²) >= 11 is 0. The summed E-state index contributed by atoms with van der Waals surface area (Å²) in [5.74, 6) is -0.161. The van der Waals surface area contributed by atoms with Gasteiger partial charge in [-0.25, -0.2) is 0 Å². The second-order valence-electron chi connectivity index (χ2n) is 6.56. The van der Waals surface area contributed by atoms with Crippen LogP contribution in [-0.2, 0) is 4.79 Å². The summed E-state index contributed by atoms with van der Waals surface area (Å²) in [6.07, 6.45) is 14.7. The van der Waals surface area contributed by atoms with E-state index in [1.807, 2.05) is 6.08 Å². The molecule has 0 amide bonds. The van der Waals surface area contributed by atoms with Crippen molar-refractivity contribution in [2.75, 3.05) is 0 Å². The van der Waals surface area contributed by atoms with Crippen molar-refractivity contribution in [2.24, 2.45) is 11.8 Å². The average molecular weight is 324 g/mol. The van der Waals surface area contributed by atoms with Crippen LogP contribution in [0.25, 0.3) is 0 Å². The third-order valence-electron chi connectivity index (χ3n) is 4.59. The molecule has 0 spiro atoms. The van der Waals surface area contributed by atoms with E-state index in [1.165, 1.54) is 0 Å². The molecule has 1 aliphatic carbocycles. The number of hydrogen-bond acceptors (Lipinski definition) is 3. The first-order valence-electron chi connectivity index (χ1n) is 8.95. The Balaban J connectivity index is 2.32. The molecule has 4 unspecified atom stereocenters. The number of hydrogen-bond donors (Lipinski definition) is 3. The quantitative estimate of drug-likeness (QED) is 0.400. The lowest BCUT2D eigenvalue weighted by molar-refractivity contribution is -0.137. The van der Waals surface area contributed by atoms with Crippen molar-refractivity contribution in [1.82, 2.24) is 0 Å². The first-order valence-corrected chi connectivity index (χ1v) is 8.95. The predicted molar refractivity (Wildman–Crippen MR) is 92.1 cm³/mol. The molecule has 1 fully saturated rings. The zero-order chi connectivity index (χ0) is 17.1. The molecule has 1 aliphatic rings. The van der Waals surface area contributed by atoms with E-state index in [0.29, 0.717) is 12.3 Å². The molecule has 0 aromatic heterocycles. The summed E-state index contributed by atoms with van der Waals surface area (Å²) < 4.78 is 0. The van der Waals surface area contributed by atoms with Crippen LogP contribution in [0.5, 0.6) is 0 Å². The fourth-order valence-electron chi connectivity index (χ4n) is 3.22. The van der Waals surface area contributed by atoms with E-state index in [0.717, 1.165) is 44.9 Å². The lowest BCUT2D eigenvalue weighted by Gasteiger charge is -2.18. The van der Waals surface area contributed by atoms with E-state index in [1.54, 1.807) is 0 Å². The van der Waals surface area contributed by atoms with Gasteiger partial charge in [-0.05, 0) is 56.8 Å². The van der Waals surface area contributed by atoms with Crippen LogP contribution in [0.4, 0.5) is 0 Å². The summed E-state index contributed by atoms with van der Waals surface area (Å²) in [6.45, 7) is 2.06. The van der Waals surface area contributed by atoms with Crippen LogP contribution in [0.15, 0.2) is 24.3 Å². The van der Waals surface area contributed by atoms with Crippen molar-refractivity contribution in [3.05, 3.63) is 24.3 Å². The number of carboxylic acids is 1. The number of aliphatic carboxylic acids is 1. The SMILES string of the molecule is CCCC(O)C=CC1CCC(O)C1CC=CCCCCC(=O)O. The Morgan fingerprint density at radius 2 is 2.04 bits per heavy atom. The third kappa shape index (κ3) is 8.33. The molecule has 0 aromatic rings. The molecule has 0 radical (unpaired) electrons. The number of carbonyl (C=O) groups is 1. The van der Waals surface area contributed by atoms with Crippen molar-refractivity contribution in [1.29, 1.82) is 0 Å². The van der Waals surface area contributed by atoms with Gasteiger partial charge >= 0.3 is 5.97 Å². The number of allylic oxidation sites excluding steroid dienone is 3. The van der Waals surface area contributed by atoms with E-state index in [-0.39, 0.29) is 24.5 Å². The summed E-state index contributed by atoms with van der Waals surface area (Å²) in [5.41, 5.74) is 0. The van der Waals surface area contributed by atoms with Crippen LogP contribution in [-0.4, -0.2) is 33.5 Å². The maximum absolute atomic E-state index is 10.4. The average Bonchev–Trinajstić information content (AvgIpc) is 2.85. The Hall–Kier alpha value is -1.13. The molecule has 132 valence electrons. The van der Waals surface area contributed by atoms with Crippen molar-refractivity contribution in [2.45, 2.75) is 76.9 Å². The number of rotatable bonds is 11. The molecule has 0 aliphatic heterocycles. The van der Waals surface area contributed by atoms with Gasteiger partial charge in [0.25, 0.3) is 0 Å². The second kappa shape index (κ2) is 11.4. The maximum atomic E-state index is 10.4. The minimum Gasteiger partial charge on any atom is -0.481 e. The molecule has 4 heteroatoms. The Labute approximate surface area is 139 Å².